The van der Waals surface area contributed by atoms with Crippen LogP contribution < -0.4 is 5.32 Å². The molecule has 1 atom stereocenters. The van der Waals surface area contributed by atoms with Crippen LogP contribution in [0.25, 0.3) is 0 Å². The van der Waals surface area contributed by atoms with E-state index in [0.29, 0.717) is 13.0 Å². The predicted octanol–water partition coefficient (Wildman–Crippen LogP) is 3.79. The lowest BCUT2D eigenvalue weighted by atomic mass is 10.1. The SMILES string of the molecule is Cc1cccc(CC(=O)NCC(Br)c2ccccc2)c1. The molecule has 0 fully saturated rings. The average molecular weight is 332 g/mol. The number of hydrogen-bond acceptors (Lipinski definition) is 1. The van der Waals surface area contributed by atoms with Crippen molar-refractivity contribution in [2.75, 3.05) is 6.54 Å². The number of hydrogen-bond donors (Lipinski definition) is 1. The van der Waals surface area contributed by atoms with Gasteiger partial charge in [0.25, 0.3) is 0 Å². The highest BCUT2D eigenvalue weighted by Gasteiger charge is 2.09. The van der Waals surface area contributed by atoms with Gasteiger partial charge in [-0.1, -0.05) is 76.1 Å². The van der Waals surface area contributed by atoms with Crippen LogP contribution in [0.1, 0.15) is 21.5 Å². The molecule has 1 amide bonds. The number of aryl methyl sites for hydroxylation is 1. The Hall–Kier alpha value is -1.61. The smallest absolute Gasteiger partial charge is 0.224 e. The number of alkyl halides is 1. The van der Waals surface area contributed by atoms with Crippen LogP contribution in [0.5, 0.6) is 0 Å². The molecule has 2 rings (SSSR count). The Morgan fingerprint density at radius 1 is 1.15 bits per heavy atom. The molecular weight excluding hydrogens is 314 g/mol. The van der Waals surface area contributed by atoms with Gasteiger partial charge in [-0.25, -0.2) is 0 Å². The Kier molecular flexibility index (Phi) is 5.36. The van der Waals surface area contributed by atoms with Gasteiger partial charge < -0.3 is 5.32 Å². The summed E-state index contributed by atoms with van der Waals surface area (Å²) in [5.41, 5.74) is 3.40. The van der Waals surface area contributed by atoms with Crippen molar-refractivity contribution in [1.29, 1.82) is 0 Å². The maximum Gasteiger partial charge on any atom is 0.224 e. The summed E-state index contributed by atoms with van der Waals surface area (Å²) in [7, 11) is 0. The highest BCUT2D eigenvalue weighted by Crippen LogP contribution is 2.20. The van der Waals surface area contributed by atoms with E-state index in [1.165, 1.54) is 11.1 Å². The molecule has 2 aromatic rings. The lowest BCUT2D eigenvalue weighted by molar-refractivity contribution is -0.120. The van der Waals surface area contributed by atoms with Crippen molar-refractivity contribution in [3.05, 3.63) is 71.3 Å². The first-order valence-corrected chi connectivity index (χ1v) is 7.58. The molecule has 0 radical (unpaired) electrons. The first-order chi connectivity index (χ1) is 9.65. The van der Waals surface area contributed by atoms with Crippen molar-refractivity contribution in [2.45, 2.75) is 18.2 Å². The fourth-order valence-corrected chi connectivity index (χ4v) is 2.52. The first-order valence-electron chi connectivity index (χ1n) is 6.66. The Balaban J connectivity index is 1.83. The standard InChI is InChI=1S/C17H18BrNO/c1-13-6-5-7-14(10-13)11-17(20)19-12-16(18)15-8-3-2-4-9-15/h2-10,16H,11-12H2,1H3,(H,19,20). The van der Waals surface area contributed by atoms with Gasteiger partial charge in [0.05, 0.1) is 11.2 Å². The zero-order valence-electron chi connectivity index (χ0n) is 11.5. The molecule has 0 aliphatic rings. The molecule has 2 aromatic carbocycles. The number of halogens is 1. The summed E-state index contributed by atoms with van der Waals surface area (Å²) >= 11 is 3.60. The molecule has 3 heteroatoms. The summed E-state index contributed by atoms with van der Waals surface area (Å²) in [6.07, 6.45) is 0.427. The Bertz CT molecular complexity index is 568. The molecular formula is C17H18BrNO. The molecule has 0 saturated heterocycles. The van der Waals surface area contributed by atoms with Gasteiger partial charge in [-0.2, -0.15) is 0 Å². The Morgan fingerprint density at radius 3 is 2.60 bits per heavy atom. The Labute approximate surface area is 128 Å². The van der Waals surface area contributed by atoms with Crippen LogP contribution in [0.4, 0.5) is 0 Å². The van der Waals surface area contributed by atoms with Crippen molar-refractivity contribution in [3.8, 4) is 0 Å². The lowest BCUT2D eigenvalue weighted by Crippen LogP contribution is -2.28. The number of carbonyl (C=O) groups is 1. The van der Waals surface area contributed by atoms with E-state index in [1.54, 1.807) is 0 Å². The van der Waals surface area contributed by atoms with Crippen LogP contribution >= 0.6 is 15.9 Å². The van der Waals surface area contributed by atoms with E-state index in [9.17, 15) is 4.79 Å². The van der Waals surface area contributed by atoms with Crippen molar-refractivity contribution >= 4 is 21.8 Å². The molecule has 1 N–H and O–H groups in total. The third-order valence-electron chi connectivity index (χ3n) is 3.09. The number of benzene rings is 2. The van der Waals surface area contributed by atoms with Crippen LogP contribution in [0.3, 0.4) is 0 Å². The summed E-state index contributed by atoms with van der Waals surface area (Å²) in [5.74, 6) is 0.0518. The molecule has 0 aliphatic heterocycles. The van der Waals surface area contributed by atoms with Gasteiger partial charge in [0.2, 0.25) is 5.91 Å². The van der Waals surface area contributed by atoms with Gasteiger partial charge in [-0.3, -0.25) is 4.79 Å². The summed E-state index contributed by atoms with van der Waals surface area (Å²) in [6, 6.07) is 18.1. The maximum absolute atomic E-state index is 11.9. The molecule has 0 saturated carbocycles. The maximum atomic E-state index is 11.9. The molecule has 20 heavy (non-hydrogen) atoms. The fourth-order valence-electron chi connectivity index (χ4n) is 2.05. The largest absolute Gasteiger partial charge is 0.354 e. The van der Waals surface area contributed by atoms with Crippen LogP contribution in [-0.4, -0.2) is 12.5 Å². The summed E-state index contributed by atoms with van der Waals surface area (Å²) < 4.78 is 0. The normalized spacial score (nSPS) is 11.9. The molecule has 0 aromatic heterocycles. The zero-order chi connectivity index (χ0) is 14.4. The van der Waals surface area contributed by atoms with Crippen molar-refractivity contribution in [3.63, 3.8) is 0 Å². The third-order valence-corrected chi connectivity index (χ3v) is 3.94. The highest BCUT2D eigenvalue weighted by atomic mass is 79.9. The van der Waals surface area contributed by atoms with Crippen molar-refractivity contribution < 1.29 is 4.79 Å². The molecule has 0 spiro atoms. The van der Waals surface area contributed by atoms with E-state index in [4.69, 9.17) is 0 Å². The van der Waals surface area contributed by atoms with Gasteiger partial charge >= 0.3 is 0 Å². The molecule has 1 unspecified atom stereocenters. The summed E-state index contributed by atoms with van der Waals surface area (Å²) in [5, 5.41) is 2.96. The van der Waals surface area contributed by atoms with Crippen molar-refractivity contribution in [1.82, 2.24) is 5.32 Å². The molecule has 0 heterocycles. The van der Waals surface area contributed by atoms with Crippen LogP contribution in [0.2, 0.25) is 0 Å². The lowest BCUT2D eigenvalue weighted by Gasteiger charge is -2.11. The quantitative estimate of drug-likeness (QED) is 0.830. The van der Waals surface area contributed by atoms with E-state index < -0.39 is 0 Å². The number of rotatable bonds is 5. The topological polar surface area (TPSA) is 29.1 Å². The second-order valence-electron chi connectivity index (χ2n) is 4.85. The average Bonchev–Trinajstić information content (AvgIpc) is 2.46. The number of amides is 1. The monoisotopic (exact) mass is 331 g/mol. The second-order valence-corrected chi connectivity index (χ2v) is 5.95. The number of nitrogens with one attached hydrogen (secondary N) is 1. The van der Waals surface area contributed by atoms with E-state index >= 15 is 0 Å². The van der Waals surface area contributed by atoms with Crippen molar-refractivity contribution in [2.24, 2.45) is 0 Å². The number of carbonyl (C=O) groups excluding carboxylic acids is 1. The van der Waals surface area contributed by atoms with E-state index in [-0.39, 0.29) is 10.7 Å². The molecule has 0 bridgehead atoms. The molecule has 2 nitrogen and oxygen atoms in total. The van der Waals surface area contributed by atoms with Crippen LogP contribution in [0, 0.1) is 6.92 Å². The zero-order valence-corrected chi connectivity index (χ0v) is 13.1. The van der Waals surface area contributed by atoms with Gasteiger partial charge in [-0.15, -0.1) is 0 Å². The third kappa shape index (κ3) is 4.49. The predicted molar refractivity (Wildman–Crippen MR) is 86.0 cm³/mol. The molecule has 0 aliphatic carbocycles. The van der Waals surface area contributed by atoms with Gasteiger partial charge in [0.1, 0.15) is 0 Å². The van der Waals surface area contributed by atoms with E-state index in [1.807, 2.05) is 61.5 Å². The second kappa shape index (κ2) is 7.25. The van der Waals surface area contributed by atoms with Crippen LogP contribution in [-0.2, 0) is 11.2 Å². The van der Waals surface area contributed by atoms with Gasteiger partial charge in [0, 0.05) is 6.54 Å². The summed E-state index contributed by atoms with van der Waals surface area (Å²) in [6.45, 7) is 2.62. The minimum absolute atomic E-state index is 0.0518. The van der Waals surface area contributed by atoms with E-state index in [0.717, 1.165) is 5.56 Å². The fraction of sp³-hybridized carbons (Fsp3) is 0.235. The van der Waals surface area contributed by atoms with Gasteiger partial charge in [-0.05, 0) is 18.1 Å². The minimum atomic E-state index is 0.0518. The summed E-state index contributed by atoms with van der Waals surface area (Å²) in [4.78, 5) is 12.1. The molecule has 104 valence electrons. The Morgan fingerprint density at radius 2 is 1.90 bits per heavy atom. The van der Waals surface area contributed by atoms with Crippen LogP contribution in [0.15, 0.2) is 54.6 Å². The highest BCUT2D eigenvalue weighted by molar-refractivity contribution is 9.09. The van der Waals surface area contributed by atoms with Gasteiger partial charge in [0.15, 0.2) is 0 Å². The first kappa shape index (κ1) is 14.8. The minimum Gasteiger partial charge on any atom is -0.354 e. The van der Waals surface area contributed by atoms with E-state index in [2.05, 4.69) is 21.2 Å².